The zero-order valence-corrected chi connectivity index (χ0v) is 10.4. The van der Waals surface area contributed by atoms with E-state index in [1.54, 1.807) is 6.33 Å². The summed E-state index contributed by atoms with van der Waals surface area (Å²) >= 11 is 0. The van der Waals surface area contributed by atoms with Crippen molar-refractivity contribution in [3.63, 3.8) is 0 Å². The minimum Gasteiger partial charge on any atom is -0.340 e. The van der Waals surface area contributed by atoms with E-state index >= 15 is 0 Å². The topological polar surface area (TPSA) is 49.8 Å². The molecule has 0 spiro atoms. The second kappa shape index (κ2) is 4.74. The Bertz CT molecular complexity index is 548. The lowest BCUT2D eigenvalue weighted by Crippen LogP contribution is -2.25. The maximum atomic E-state index is 4.35. The first-order valence-electron chi connectivity index (χ1n) is 6.20. The molecule has 2 N–H and O–H groups in total. The normalized spacial score (nSPS) is 14.1. The predicted octanol–water partition coefficient (Wildman–Crippen LogP) is 2.17. The minimum absolute atomic E-state index is 0.838. The maximum absolute atomic E-state index is 4.35. The number of aryl methyl sites for hydroxylation is 1. The van der Waals surface area contributed by atoms with Crippen molar-refractivity contribution in [2.24, 2.45) is 0 Å². The highest BCUT2D eigenvalue weighted by Crippen LogP contribution is 2.22. The van der Waals surface area contributed by atoms with E-state index in [1.165, 1.54) is 11.1 Å². The van der Waals surface area contributed by atoms with E-state index in [0.29, 0.717) is 0 Å². The molecule has 92 valence electrons. The van der Waals surface area contributed by atoms with Gasteiger partial charge < -0.3 is 10.6 Å². The third kappa shape index (κ3) is 2.19. The average Bonchev–Trinajstić information content (AvgIpc) is 2.42. The van der Waals surface area contributed by atoms with E-state index in [0.717, 1.165) is 36.7 Å². The van der Waals surface area contributed by atoms with Gasteiger partial charge in [-0.3, -0.25) is 0 Å². The van der Waals surface area contributed by atoms with Crippen molar-refractivity contribution in [3.05, 3.63) is 47.4 Å². The third-order valence-corrected chi connectivity index (χ3v) is 3.19. The summed E-state index contributed by atoms with van der Waals surface area (Å²) in [7, 11) is 0. The van der Waals surface area contributed by atoms with Gasteiger partial charge >= 0.3 is 0 Å². The predicted molar refractivity (Wildman–Crippen MR) is 71.9 cm³/mol. The molecular weight excluding hydrogens is 224 g/mol. The first-order valence-corrected chi connectivity index (χ1v) is 6.20. The molecule has 1 aromatic heterocycles. The maximum Gasteiger partial charge on any atom is 0.138 e. The van der Waals surface area contributed by atoms with Gasteiger partial charge in [0.15, 0.2) is 0 Å². The molecule has 0 atom stereocenters. The summed E-state index contributed by atoms with van der Waals surface area (Å²) < 4.78 is 0. The van der Waals surface area contributed by atoms with Crippen LogP contribution in [0.2, 0.25) is 0 Å². The number of rotatable bonds is 2. The van der Waals surface area contributed by atoms with Crippen LogP contribution in [0.5, 0.6) is 0 Å². The quantitative estimate of drug-likeness (QED) is 0.844. The smallest absolute Gasteiger partial charge is 0.138 e. The van der Waals surface area contributed by atoms with Crippen molar-refractivity contribution in [1.29, 1.82) is 0 Å². The molecule has 1 aliphatic heterocycles. The highest BCUT2D eigenvalue weighted by molar-refractivity contribution is 5.60. The van der Waals surface area contributed by atoms with Crippen LogP contribution in [0.1, 0.15) is 16.8 Å². The van der Waals surface area contributed by atoms with Crippen LogP contribution in [0.25, 0.3) is 0 Å². The molecule has 0 saturated heterocycles. The second-order valence-electron chi connectivity index (χ2n) is 4.57. The van der Waals surface area contributed by atoms with Gasteiger partial charge in [-0.15, -0.1) is 0 Å². The van der Waals surface area contributed by atoms with Gasteiger partial charge in [-0.2, -0.15) is 0 Å². The van der Waals surface area contributed by atoms with Crippen molar-refractivity contribution >= 4 is 11.5 Å². The molecule has 0 unspecified atom stereocenters. The fourth-order valence-corrected chi connectivity index (χ4v) is 2.15. The largest absolute Gasteiger partial charge is 0.340 e. The number of fused-ring (bicyclic) bond motifs is 1. The molecule has 4 heteroatoms. The Kier molecular flexibility index (Phi) is 2.94. The van der Waals surface area contributed by atoms with Gasteiger partial charge in [0, 0.05) is 30.8 Å². The van der Waals surface area contributed by atoms with E-state index in [2.05, 4.69) is 51.8 Å². The molecule has 0 saturated carbocycles. The number of benzene rings is 1. The zero-order chi connectivity index (χ0) is 12.4. The third-order valence-electron chi connectivity index (χ3n) is 3.19. The van der Waals surface area contributed by atoms with Crippen LogP contribution in [0, 0.1) is 6.92 Å². The summed E-state index contributed by atoms with van der Waals surface area (Å²) in [6.45, 7) is 3.92. The Morgan fingerprint density at radius 2 is 2.00 bits per heavy atom. The van der Waals surface area contributed by atoms with Crippen LogP contribution in [-0.4, -0.2) is 16.5 Å². The molecule has 3 rings (SSSR count). The Morgan fingerprint density at radius 1 is 1.17 bits per heavy atom. The van der Waals surface area contributed by atoms with E-state index in [4.69, 9.17) is 0 Å². The van der Waals surface area contributed by atoms with E-state index in [1.807, 2.05) is 0 Å². The van der Waals surface area contributed by atoms with Crippen molar-refractivity contribution in [1.82, 2.24) is 15.3 Å². The number of hydrogen-bond acceptors (Lipinski definition) is 4. The van der Waals surface area contributed by atoms with Crippen molar-refractivity contribution in [2.75, 3.05) is 11.9 Å². The van der Waals surface area contributed by atoms with Crippen LogP contribution in [0.4, 0.5) is 11.5 Å². The summed E-state index contributed by atoms with van der Waals surface area (Å²) in [5, 5.41) is 6.72. The van der Waals surface area contributed by atoms with Crippen LogP contribution >= 0.6 is 0 Å². The molecule has 1 aliphatic rings. The van der Waals surface area contributed by atoms with Gasteiger partial charge in [-0.1, -0.05) is 17.7 Å². The van der Waals surface area contributed by atoms with E-state index < -0.39 is 0 Å². The zero-order valence-electron chi connectivity index (χ0n) is 10.4. The van der Waals surface area contributed by atoms with Crippen LogP contribution < -0.4 is 10.6 Å². The molecule has 0 radical (unpaired) electrons. The number of anilines is 2. The summed E-state index contributed by atoms with van der Waals surface area (Å²) in [6, 6.07) is 8.32. The van der Waals surface area contributed by atoms with Crippen molar-refractivity contribution in [2.45, 2.75) is 19.9 Å². The summed E-state index contributed by atoms with van der Waals surface area (Å²) in [5.41, 5.74) is 4.65. The molecule has 0 amide bonds. The Hall–Kier alpha value is -1.94. The van der Waals surface area contributed by atoms with Gasteiger partial charge in [0.2, 0.25) is 0 Å². The standard InChI is InChI=1S/C14H16N4/c1-10-2-4-11(5-3-10)18-14-12-8-15-7-6-13(12)16-9-17-14/h2-5,9,15H,6-8H2,1H3,(H,16,17,18). The van der Waals surface area contributed by atoms with Gasteiger partial charge in [0.05, 0.1) is 5.69 Å². The fraction of sp³-hybridized carbons (Fsp3) is 0.286. The summed E-state index contributed by atoms with van der Waals surface area (Å²) in [5.74, 6) is 0.913. The van der Waals surface area contributed by atoms with Crippen LogP contribution in [-0.2, 0) is 13.0 Å². The average molecular weight is 240 g/mol. The molecule has 2 heterocycles. The number of hydrogen-bond donors (Lipinski definition) is 2. The Morgan fingerprint density at radius 3 is 2.83 bits per heavy atom. The molecule has 0 bridgehead atoms. The highest BCUT2D eigenvalue weighted by atomic mass is 15.0. The highest BCUT2D eigenvalue weighted by Gasteiger charge is 2.14. The minimum atomic E-state index is 0.838. The van der Waals surface area contributed by atoms with Crippen molar-refractivity contribution < 1.29 is 0 Å². The van der Waals surface area contributed by atoms with Gasteiger partial charge in [0.1, 0.15) is 12.1 Å². The van der Waals surface area contributed by atoms with E-state index in [-0.39, 0.29) is 0 Å². The number of nitrogens with zero attached hydrogens (tertiary/aromatic N) is 2. The molecule has 4 nitrogen and oxygen atoms in total. The summed E-state index contributed by atoms with van der Waals surface area (Å²) in [4.78, 5) is 8.69. The lowest BCUT2D eigenvalue weighted by Gasteiger charge is -2.19. The molecule has 2 aromatic rings. The number of aromatic nitrogens is 2. The van der Waals surface area contributed by atoms with Crippen LogP contribution in [0.15, 0.2) is 30.6 Å². The SMILES string of the molecule is Cc1ccc(Nc2ncnc3c2CNCC3)cc1. The summed E-state index contributed by atoms with van der Waals surface area (Å²) in [6.07, 6.45) is 2.61. The lowest BCUT2D eigenvalue weighted by molar-refractivity contribution is 0.628. The second-order valence-corrected chi connectivity index (χ2v) is 4.57. The molecule has 0 aliphatic carbocycles. The Balaban J connectivity index is 1.90. The van der Waals surface area contributed by atoms with Gasteiger partial charge in [-0.05, 0) is 19.1 Å². The fourth-order valence-electron chi connectivity index (χ4n) is 2.15. The lowest BCUT2D eigenvalue weighted by atomic mass is 10.1. The molecular formula is C14H16N4. The number of nitrogens with one attached hydrogen (secondary N) is 2. The molecule has 1 aromatic carbocycles. The van der Waals surface area contributed by atoms with E-state index in [9.17, 15) is 0 Å². The Labute approximate surface area is 106 Å². The molecule has 18 heavy (non-hydrogen) atoms. The van der Waals surface area contributed by atoms with Crippen molar-refractivity contribution in [3.8, 4) is 0 Å². The monoisotopic (exact) mass is 240 g/mol. The van der Waals surface area contributed by atoms with Gasteiger partial charge in [0.25, 0.3) is 0 Å². The van der Waals surface area contributed by atoms with Crippen LogP contribution in [0.3, 0.4) is 0 Å². The first kappa shape index (κ1) is 11.2. The molecule has 0 fully saturated rings. The first-order chi connectivity index (χ1) is 8.83. The van der Waals surface area contributed by atoms with Gasteiger partial charge in [-0.25, -0.2) is 9.97 Å².